The van der Waals surface area contributed by atoms with Crippen LogP contribution in [-0.2, 0) is 17.1 Å². The second-order valence-corrected chi connectivity index (χ2v) is 10.5. The van der Waals surface area contributed by atoms with Crippen LogP contribution in [0.1, 0.15) is 16.1 Å². The van der Waals surface area contributed by atoms with Gasteiger partial charge in [0.15, 0.2) is 0 Å². The number of aromatic nitrogens is 2. The van der Waals surface area contributed by atoms with Gasteiger partial charge in [-0.15, -0.1) is 0 Å². The summed E-state index contributed by atoms with van der Waals surface area (Å²) in [5, 5.41) is 2.90. The number of nitrogens with one attached hydrogen (secondary N) is 2. The molecule has 192 valence electrons. The number of methoxy groups -OCH3 is 1. The van der Waals surface area contributed by atoms with Crippen molar-refractivity contribution in [3.05, 3.63) is 98.4 Å². The standard InChI is InChI=1S/C25H22Cl2N4O5S/c1-15-23(25(33)31(30(15)2)18-7-5-4-6-8-18)29-37(34,35)22-13-16(9-11-19(22)27)24(32)28-20-14-17(26)10-12-21(20)36-3/h4-14,29H,1-3H3,(H,28,32). The Labute approximate surface area is 223 Å². The third-order valence-electron chi connectivity index (χ3n) is 5.68. The Balaban J connectivity index is 1.69. The van der Waals surface area contributed by atoms with Gasteiger partial charge in [-0.25, -0.2) is 13.1 Å². The van der Waals surface area contributed by atoms with Crippen molar-refractivity contribution in [3.63, 3.8) is 0 Å². The highest BCUT2D eigenvalue weighted by molar-refractivity contribution is 7.92. The number of hydrogen-bond acceptors (Lipinski definition) is 5. The molecule has 0 spiro atoms. The lowest BCUT2D eigenvalue weighted by atomic mass is 10.2. The second kappa shape index (κ2) is 10.3. The van der Waals surface area contributed by atoms with Crippen LogP contribution in [0.5, 0.6) is 5.75 Å². The molecule has 37 heavy (non-hydrogen) atoms. The van der Waals surface area contributed by atoms with E-state index in [9.17, 15) is 18.0 Å². The van der Waals surface area contributed by atoms with Gasteiger partial charge in [0.05, 0.1) is 29.2 Å². The highest BCUT2D eigenvalue weighted by Crippen LogP contribution is 2.30. The third-order valence-corrected chi connectivity index (χ3v) is 7.75. The zero-order valence-electron chi connectivity index (χ0n) is 20.0. The summed E-state index contributed by atoms with van der Waals surface area (Å²) in [6.07, 6.45) is 0. The zero-order valence-corrected chi connectivity index (χ0v) is 22.3. The fourth-order valence-electron chi connectivity index (χ4n) is 3.70. The molecule has 9 nitrogen and oxygen atoms in total. The van der Waals surface area contributed by atoms with Crippen molar-refractivity contribution in [2.24, 2.45) is 7.05 Å². The Morgan fingerprint density at radius 3 is 2.38 bits per heavy atom. The van der Waals surface area contributed by atoms with Gasteiger partial charge < -0.3 is 10.1 Å². The fourth-order valence-corrected chi connectivity index (χ4v) is 5.51. The summed E-state index contributed by atoms with van der Waals surface area (Å²) in [7, 11) is -1.28. The molecule has 0 aliphatic rings. The Morgan fingerprint density at radius 1 is 1.00 bits per heavy atom. The third kappa shape index (κ3) is 5.22. The van der Waals surface area contributed by atoms with Gasteiger partial charge >= 0.3 is 0 Å². The number of nitrogens with zero attached hydrogens (tertiary/aromatic N) is 2. The van der Waals surface area contributed by atoms with Gasteiger partial charge in [0.1, 0.15) is 16.3 Å². The molecule has 0 aliphatic heterocycles. The predicted molar refractivity (Wildman–Crippen MR) is 144 cm³/mol. The molecule has 0 fully saturated rings. The van der Waals surface area contributed by atoms with E-state index in [1.807, 2.05) is 6.07 Å². The predicted octanol–water partition coefficient (Wildman–Crippen LogP) is 4.85. The van der Waals surface area contributed by atoms with Crippen LogP contribution in [0.4, 0.5) is 11.4 Å². The van der Waals surface area contributed by atoms with Crippen LogP contribution in [0.3, 0.4) is 0 Å². The Morgan fingerprint density at radius 2 is 1.70 bits per heavy atom. The molecule has 0 unspecified atom stereocenters. The van der Waals surface area contributed by atoms with Crippen LogP contribution >= 0.6 is 23.2 Å². The number of hydrogen-bond donors (Lipinski definition) is 2. The average molecular weight is 561 g/mol. The van der Waals surface area contributed by atoms with Crippen LogP contribution in [0.15, 0.2) is 76.4 Å². The lowest BCUT2D eigenvalue weighted by Crippen LogP contribution is -2.23. The molecule has 3 aromatic carbocycles. The summed E-state index contributed by atoms with van der Waals surface area (Å²) in [4.78, 5) is 25.7. The van der Waals surface area contributed by atoms with E-state index in [4.69, 9.17) is 27.9 Å². The molecular weight excluding hydrogens is 539 g/mol. The summed E-state index contributed by atoms with van der Waals surface area (Å²) in [6, 6.07) is 17.3. The lowest BCUT2D eigenvalue weighted by Gasteiger charge is -2.12. The van der Waals surface area contributed by atoms with E-state index >= 15 is 0 Å². The van der Waals surface area contributed by atoms with E-state index in [1.165, 1.54) is 30.0 Å². The Hall–Kier alpha value is -3.73. The van der Waals surface area contributed by atoms with Crippen LogP contribution in [0.2, 0.25) is 10.0 Å². The summed E-state index contributed by atoms with van der Waals surface area (Å²) in [5.74, 6) is -0.244. The largest absolute Gasteiger partial charge is 0.495 e. The van der Waals surface area contributed by atoms with Gasteiger partial charge in [0.2, 0.25) is 0 Å². The van der Waals surface area contributed by atoms with E-state index in [-0.39, 0.29) is 21.2 Å². The number of para-hydroxylation sites is 1. The first-order valence-corrected chi connectivity index (χ1v) is 13.1. The maximum absolute atomic E-state index is 13.3. The minimum atomic E-state index is -4.36. The van der Waals surface area contributed by atoms with E-state index in [0.29, 0.717) is 27.8 Å². The summed E-state index contributed by atoms with van der Waals surface area (Å²) in [6.45, 7) is 1.61. The van der Waals surface area contributed by atoms with Crippen molar-refractivity contribution in [3.8, 4) is 11.4 Å². The molecule has 4 rings (SSSR count). The molecule has 0 saturated carbocycles. The molecule has 0 radical (unpaired) electrons. The second-order valence-electron chi connectivity index (χ2n) is 7.99. The van der Waals surface area contributed by atoms with Gasteiger partial charge in [-0.1, -0.05) is 41.4 Å². The molecule has 0 saturated heterocycles. The van der Waals surface area contributed by atoms with Crippen LogP contribution in [0.25, 0.3) is 5.69 Å². The Bertz CT molecular complexity index is 1660. The quantitative estimate of drug-likeness (QED) is 0.335. The van der Waals surface area contributed by atoms with Crippen LogP contribution in [-0.4, -0.2) is 30.8 Å². The molecule has 1 amide bonds. The number of carbonyl (C=O) groups is 1. The van der Waals surface area contributed by atoms with Crippen molar-refractivity contribution in [2.45, 2.75) is 11.8 Å². The van der Waals surface area contributed by atoms with E-state index in [0.717, 1.165) is 6.07 Å². The van der Waals surface area contributed by atoms with Gasteiger partial charge in [0.25, 0.3) is 21.5 Å². The van der Waals surface area contributed by atoms with Gasteiger partial charge in [-0.2, -0.15) is 0 Å². The van der Waals surface area contributed by atoms with E-state index in [2.05, 4.69) is 10.0 Å². The highest BCUT2D eigenvalue weighted by Gasteiger charge is 2.25. The van der Waals surface area contributed by atoms with E-state index < -0.39 is 21.5 Å². The fraction of sp³-hybridized carbons (Fsp3) is 0.120. The number of carbonyl (C=O) groups excluding carboxylic acids is 1. The van der Waals surface area contributed by atoms with Crippen LogP contribution < -0.4 is 20.3 Å². The molecule has 0 atom stereocenters. The minimum absolute atomic E-state index is 0.0123. The smallest absolute Gasteiger partial charge is 0.296 e. The van der Waals surface area contributed by atoms with Gasteiger partial charge in [0, 0.05) is 17.6 Å². The number of benzene rings is 3. The molecule has 4 aromatic rings. The highest BCUT2D eigenvalue weighted by atomic mass is 35.5. The number of anilines is 2. The number of rotatable bonds is 7. The average Bonchev–Trinajstić information content (AvgIpc) is 3.07. The summed E-state index contributed by atoms with van der Waals surface area (Å²) in [5.41, 5.74) is 0.568. The molecule has 1 heterocycles. The number of amides is 1. The molecule has 0 aliphatic carbocycles. The maximum Gasteiger partial charge on any atom is 0.296 e. The zero-order chi connectivity index (χ0) is 26.9. The molecule has 1 aromatic heterocycles. The van der Waals surface area contributed by atoms with Crippen molar-refractivity contribution in [1.29, 1.82) is 0 Å². The van der Waals surface area contributed by atoms with Gasteiger partial charge in [-0.3, -0.25) is 19.0 Å². The summed E-state index contributed by atoms with van der Waals surface area (Å²) >= 11 is 12.2. The minimum Gasteiger partial charge on any atom is -0.495 e. The first-order valence-electron chi connectivity index (χ1n) is 10.8. The molecule has 2 N–H and O–H groups in total. The first-order chi connectivity index (χ1) is 17.5. The van der Waals surface area contributed by atoms with Crippen molar-refractivity contribution in [2.75, 3.05) is 17.1 Å². The topological polar surface area (TPSA) is 111 Å². The van der Waals surface area contributed by atoms with Gasteiger partial charge in [-0.05, 0) is 55.5 Å². The first kappa shape index (κ1) is 26.3. The number of ether oxygens (including phenoxy) is 1. The maximum atomic E-state index is 13.3. The number of sulfonamides is 1. The van der Waals surface area contributed by atoms with E-state index in [1.54, 1.807) is 55.1 Å². The van der Waals surface area contributed by atoms with Crippen LogP contribution in [0, 0.1) is 6.92 Å². The lowest BCUT2D eigenvalue weighted by molar-refractivity contribution is 0.102. The van der Waals surface area contributed by atoms with Crippen molar-refractivity contribution in [1.82, 2.24) is 9.36 Å². The SMILES string of the molecule is COc1ccc(Cl)cc1NC(=O)c1ccc(Cl)c(S(=O)(=O)Nc2c(C)n(C)n(-c3ccccc3)c2=O)c1. The monoisotopic (exact) mass is 560 g/mol. The molecule has 0 bridgehead atoms. The Kier molecular flexibility index (Phi) is 7.35. The summed E-state index contributed by atoms with van der Waals surface area (Å²) < 4.78 is 37.1. The van der Waals surface area contributed by atoms with Crippen molar-refractivity contribution >= 4 is 50.5 Å². The molecular formula is C25H22Cl2N4O5S. The number of halogens is 2. The normalized spacial score (nSPS) is 11.3. The van der Waals surface area contributed by atoms with Crippen molar-refractivity contribution < 1.29 is 17.9 Å². The molecule has 12 heteroatoms.